The Hall–Kier alpha value is -2.96. The van der Waals surface area contributed by atoms with E-state index in [4.69, 9.17) is 9.84 Å². The monoisotopic (exact) mass is 298 g/mol. The van der Waals surface area contributed by atoms with Crippen LogP contribution in [0.15, 0.2) is 30.6 Å². The molecule has 0 atom stereocenters. The number of hydrogen-bond donors (Lipinski definition) is 2. The van der Waals surface area contributed by atoms with E-state index in [1.807, 2.05) is 13.8 Å². The van der Waals surface area contributed by atoms with Crippen molar-refractivity contribution in [2.24, 2.45) is 0 Å². The van der Waals surface area contributed by atoms with E-state index in [2.05, 4.69) is 20.2 Å². The lowest BCUT2D eigenvalue weighted by Crippen LogP contribution is -1.97. The van der Waals surface area contributed by atoms with Crippen molar-refractivity contribution < 1.29 is 14.6 Å². The molecule has 0 amide bonds. The predicted molar refractivity (Wildman–Crippen MR) is 79.2 cm³/mol. The van der Waals surface area contributed by atoms with Crippen LogP contribution in [0.2, 0.25) is 0 Å². The number of H-pyrrole nitrogens is 1. The number of fused-ring (bicyclic) bond motifs is 1. The third-order valence-corrected chi connectivity index (χ3v) is 3.21. The Morgan fingerprint density at radius 3 is 2.82 bits per heavy atom. The molecule has 0 saturated heterocycles. The van der Waals surface area contributed by atoms with Gasteiger partial charge in [-0.2, -0.15) is 5.10 Å². The number of nitrogens with zero attached hydrogens (tertiary/aromatic N) is 3. The van der Waals surface area contributed by atoms with Crippen LogP contribution >= 0.6 is 0 Å². The van der Waals surface area contributed by atoms with Crippen molar-refractivity contribution in [2.45, 2.75) is 19.8 Å². The molecule has 112 valence electrons. The predicted octanol–water partition coefficient (Wildman–Crippen LogP) is 2.97. The summed E-state index contributed by atoms with van der Waals surface area (Å²) < 4.78 is 5.70. The molecule has 0 aliphatic carbocycles. The Balaban J connectivity index is 1.95. The summed E-state index contributed by atoms with van der Waals surface area (Å²) in [7, 11) is 0. The van der Waals surface area contributed by atoms with Gasteiger partial charge >= 0.3 is 5.97 Å². The van der Waals surface area contributed by atoms with E-state index >= 15 is 0 Å². The van der Waals surface area contributed by atoms with Crippen molar-refractivity contribution in [3.63, 3.8) is 0 Å². The molecular formula is C15H14N4O3. The Labute approximate surface area is 126 Å². The second kappa shape index (κ2) is 5.44. The third kappa shape index (κ3) is 2.60. The zero-order valence-electron chi connectivity index (χ0n) is 12.1. The molecule has 7 nitrogen and oxygen atoms in total. The molecule has 0 radical (unpaired) electrons. The molecule has 3 aromatic rings. The number of benzene rings is 1. The summed E-state index contributed by atoms with van der Waals surface area (Å²) in [5.74, 6) is 0.0797. The van der Waals surface area contributed by atoms with Crippen LogP contribution in [0.25, 0.3) is 10.9 Å². The maximum atomic E-state index is 11.1. The number of carbonyl (C=O) groups is 1. The van der Waals surface area contributed by atoms with Crippen LogP contribution in [0.1, 0.15) is 35.9 Å². The van der Waals surface area contributed by atoms with Crippen molar-refractivity contribution >= 4 is 16.9 Å². The highest BCUT2D eigenvalue weighted by molar-refractivity contribution is 6.01. The van der Waals surface area contributed by atoms with Gasteiger partial charge in [-0.15, -0.1) is 0 Å². The van der Waals surface area contributed by atoms with Crippen LogP contribution in [-0.4, -0.2) is 31.2 Å². The number of carboxylic acid groups (broad SMARTS) is 1. The average molecular weight is 298 g/mol. The Bertz CT molecular complexity index is 842. The zero-order valence-corrected chi connectivity index (χ0v) is 12.1. The molecule has 0 spiro atoms. The van der Waals surface area contributed by atoms with Crippen molar-refractivity contribution in [3.8, 4) is 11.6 Å². The van der Waals surface area contributed by atoms with Gasteiger partial charge in [0.1, 0.15) is 12.1 Å². The van der Waals surface area contributed by atoms with E-state index in [9.17, 15) is 4.79 Å². The van der Waals surface area contributed by atoms with Gasteiger partial charge in [-0.25, -0.2) is 14.8 Å². The minimum absolute atomic E-state index is 0.0361. The molecule has 0 bridgehead atoms. The first kappa shape index (κ1) is 14.0. The van der Waals surface area contributed by atoms with Crippen molar-refractivity contribution in [2.75, 3.05) is 0 Å². The molecule has 0 unspecified atom stereocenters. The Morgan fingerprint density at radius 1 is 1.27 bits per heavy atom. The largest absolute Gasteiger partial charge is 0.476 e. The summed E-state index contributed by atoms with van der Waals surface area (Å²) >= 11 is 0. The summed E-state index contributed by atoms with van der Waals surface area (Å²) in [6, 6.07) is 6.83. The summed E-state index contributed by atoms with van der Waals surface area (Å²) in [6.45, 7) is 4.06. The fraction of sp³-hybridized carbons (Fsp3) is 0.200. The van der Waals surface area contributed by atoms with E-state index in [-0.39, 0.29) is 11.6 Å². The molecule has 7 heteroatoms. The lowest BCUT2D eigenvalue weighted by Gasteiger charge is -2.08. The van der Waals surface area contributed by atoms with Crippen LogP contribution in [-0.2, 0) is 0 Å². The Kier molecular flexibility index (Phi) is 3.46. The van der Waals surface area contributed by atoms with Gasteiger partial charge in [0.25, 0.3) is 0 Å². The van der Waals surface area contributed by atoms with Crippen LogP contribution in [0.4, 0.5) is 0 Å². The summed E-state index contributed by atoms with van der Waals surface area (Å²) in [5.41, 5.74) is 1.47. The van der Waals surface area contributed by atoms with Gasteiger partial charge in [0.15, 0.2) is 5.69 Å². The number of aromatic carboxylic acids is 1. The van der Waals surface area contributed by atoms with E-state index in [0.717, 1.165) is 5.69 Å². The molecule has 2 N–H and O–H groups in total. The topological polar surface area (TPSA) is 101 Å². The van der Waals surface area contributed by atoms with Crippen molar-refractivity contribution in [3.05, 3.63) is 42.0 Å². The Morgan fingerprint density at radius 2 is 2.09 bits per heavy atom. The first-order valence-electron chi connectivity index (χ1n) is 6.76. The first-order chi connectivity index (χ1) is 10.5. The van der Waals surface area contributed by atoms with Crippen LogP contribution in [0.5, 0.6) is 11.6 Å². The lowest BCUT2D eigenvalue weighted by atomic mass is 10.1. The molecule has 0 fully saturated rings. The van der Waals surface area contributed by atoms with E-state index in [1.165, 1.54) is 6.33 Å². The normalized spacial score (nSPS) is 11.0. The van der Waals surface area contributed by atoms with Gasteiger partial charge in [-0.05, 0) is 24.1 Å². The quantitative estimate of drug-likeness (QED) is 0.768. The van der Waals surface area contributed by atoms with Crippen molar-refractivity contribution in [1.29, 1.82) is 0 Å². The highest BCUT2D eigenvalue weighted by atomic mass is 16.5. The number of aromatic nitrogens is 4. The zero-order chi connectivity index (χ0) is 15.7. The maximum absolute atomic E-state index is 11.1. The fourth-order valence-electron chi connectivity index (χ4n) is 2.07. The van der Waals surface area contributed by atoms with E-state index in [1.54, 1.807) is 24.3 Å². The second-order valence-corrected chi connectivity index (χ2v) is 5.12. The van der Waals surface area contributed by atoms with Crippen LogP contribution < -0.4 is 4.74 Å². The highest BCUT2D eigenvalue weighted by Gasteiger charge is 2.14. The molecule has 1 aromatic carbocycles. The average Bonchev–Trinajstić information content (AvgIpc) is 2.91. The number of nitrogens with one attached hydrogen (secondary N) is 1. The number of hydrogen-bond acceptors (Lipinski definition) is 5. The summed E-state index contributed by atoms with van der Waals surface area (Å²) in [6.07, 6.45) is 1.45. The fourth-order valence-corrected chi connectivity index (χ4v) is 2.07. The van der Waals surface area contributed by atoms with Crippen LogP contribution in [0.3, 0.4) is 0 Å². The molecule has 2 heterocycles. The van der Waals surface area contributed by atoms with Crippen molar-refractivity contribution in [1.82, 2.24) is 20.2 Å². The lowest BCUT2D eigenvalue weighted by molar-refractivity contribution is 0.0692. The smallest absolute Gasteiger partial charge is 0.357 e. The molecule has 0 saturated carbocycles. The van der Waals surface area contributed by atoms with Gasteiger partial charge in [0, 0.05) is 11.5 Å². The minimum atomic E-state index is -1.09. The third-order valence-electron chi connectivity index (χ3n) is 3.21. The van der Waals surface area contributed by atoms with Gasteiger partial charge in [0.05, 0.1) is 11.2 Å². The molecule has 3 rings (SSSR count). The number of rotatable bonds is 4. The molecule has 0 aliphatic rings. The molecule has 2 aromatic heterocycles. The highest BCUT2D eigenvalue weighted by Crippen LogP contribution is 2.26. The van der Waals surface area contributed by atoms with E-state index < -0.39 is 5.97 Å². The number of carboxylic acids is 1. The van der Waals surface area contributed by atoms with E-state index in [0.29, 0.717) is 22.5 Å². The molecular weight excluding hydrogens is 284 g/mol. The molecule has 22 heavy (non-hydrogen) atoms. The SMILES string of the molecule is CC(C)c1cc(Oc2ccc3[nH]nc(C(=O)O)c3c2)ncn1. The van der Waals surface area contributed by atoms with Gasteiger partial charge in [-0.1, -0.05) is 13.8 Å². The first-order valence-corrected chi connectivity index (χ1v) is 6.76. The summed E-state index contributed by atoms with van der Waals surface area (Å²) in [5, 5.41) is 16.0. The standard InChI is InChI=1S/C15H14N4O3/c1-8(2)12-6-13(17-7-16-12)22-9-3-4-11-10(5-9)14(15(20)21)19-18-11/h3-8H,1-2H3,(H,18,19)(H,20,21). The molecule has 0 aliphatic heterocycles. The number of ether oxygens (including phenoxy) is 1. The second-order valence-electron chi connectivity index (χ2n) is 5.12. The van der Waals surface area contributed by atoms with Gasteiger partial charge < -0.3 is 9.84 Å². The summed E-state index contributed by atoms with van der Waals surface area (Å²) in [4.78, 5) is 19.4. The van der Waals surface area contributed by atoms with Crippen LogP contribution in [0, 0.1) is 0 Å². The number of aromatic amines is 1. The van der Waals surface area contributed by atoms with Gasteiger partial charge in [0.2, 0.25) is 5.88 Å². The minimum Gasteiger partial charge on any atom is -0.476 e. The maximum Gasteiger partial charge on any atom is 0.357 e. The van der Waals surface area contributed by atoms with Gasteiger partial charge in [-0.3, -0.25) is 5.10 Å².